The Labute approximate surface area is 117 Å². The Morgan fingerprint density at radius 3 is 2.79 bits per heavy atom. The van der Waals surface area contributed by atoms with E-state index in [1.807, 2.05) is 0 Å². The summed E-state index contributed by atoms with van der Waals surface area (Å²) in [6, 6.07) is 7.39. The molecule has 0 atom stereocenters. The molecule has 0 fully saturated rings. The third-order valence-corrected chi connectivity index (χ3v) is 2.82. The number of rotatable bonds is 4. The second kappa shape index (κ2) is 5.79. The largest absolute Gasteiger partial charge is 0.486 e. The minimum absolute atomic E-state index is 0.0165. The zero-order valence-electron chi connectivity index (χ0n) is 9.64. The van der Waals surface area contributed by atoms with E-state index >= 15 is 0 Å². The van der Waals surface area contributed by atoms with Crippen molar-refractivity contribution in [1.29, 1.82) is 0 Å². The van der Waals surface area contributed by atoms with E-state index in [1.165, 1.54) is 12.1 Å². The second-order valence-corrected chi connectivity index (χ2v) is 4.59. The van der Waals surface area contributed by atoms with Crippen molar-refractivity contribution in [2.45, 2.75) is 6.61 Å². The predicted molar refractivity (Wildman–Crippen MR) is 69.6 cm³/mol. The number of carboxylic acids is 1. The van der Waals surface area contributed by atoms with Gasteiger partial charge in [0.1, 0.15) is 23.7 Å². The van der Waals surface area contributed by atoms with Gasteiger partial charge in [-0.15, -0.1) is 0 Å². The molecular weight excluding hydrogens is 317 g/mol. The van der Waals surface area contributed by atoms with Gasteiger partial charge < -0.3 is 9.84 Å². The summed E-state index contributed by atoms with van der Waals surface area (Å²) in [6.07, 6.45) is 1.60. The molecule has 0 radical (unpaired) electrons. The number of hydrogen-bond donors (Lipinski definition) is 1. The molecule has 2 rings (SSSR count). The number of ether oxygens (including phenoxy) is 1. The Morgan fingerprint density at radius 1 is 1.37 bits per heavy atom. The Kier molecular flexibility index (Phi) is 4.11. The summed E-state index contributed by atoms with van der Waals surface area (Å²) in [5, 5.41) is 8.94. The summed E-state index contributed by atoms with van der Waals surface area (Å²) in [4.78, 5) is 15.0. The zero-order valence-corrected chi connectivity index (χ0v) is 11.2. The summed E-state index contributed by atoms with van der Waals surface area (Å²) in [5.74, 6) is -2.21. The van der Waals surface area contributed by atoms with Crippen LogP contribution in [0.2, 0.25) is 0 Å². The van der Waals surface area contributed by atoms with Crippen LogP contribution in [0.4, 0.5) is 4.39 Å². The first-order valence-electron chi connectivity index (χ1n) is 5.33. The Morgan fingerprint density at radius 2 is 2.16 bits per heavy atom. The van der Waals surface area contributed by atoms with Gasteiger partial charge in [-0.25, -0.2) is 9.18 Å². The number of pyridine rings is 1. The molecular formula is C13H9BrFNO3. The van der Waals surface area contributed by atoms with E-state index < -0.39 is 17.3 Å². The lowest BCUT2D eigenvalue weighted by molar-refractivity contribution is 0.0686. The number of halogens is 2. The van der Waals surface area contributed by atoms with Crippen LogP contribution in [0.25, 0.3) is 0 Å². The second-order valence-electron chi connectivity index (χ2n) is 3.67. The molecule has 98 valence electrons. The normalized spacial score (nSPS) is 10.2. The first kappa shape index (κ1) is 13.5. The molecule has 0 aliphatic carbocycles. The standard InChI is InChI=1S/C13H9BrFNO3/c14-8-4-5-9(16-6-8)7-19-11-3-1-2-10(15)12(11)13(17)18/h1-6H,7H2,(H,17,18). The van der Waals surface area contributed by atoms with Crippen LogP contribution < -0.4 is 4.74 Å². The molecule has 19 heavy (non-hydrogen) atoms. The molecule has 0 aliphatic rings. The van der Waals surface area contributed by atoms with Gasteiger partial charge in [-0.3, -0.25) is 4.98 Å². The number of hydrogen-bond acceptors (Lipinski definition) is 3. The van der Waals surface area contributed by atoms with Gasteiger partial charge in [-0.1, -0.05) is 6.07 Å². The van der Waals surface area contributed by atoms with Crippen LogP contribution in [0.1, 0.15) is 16.1 Å². The van der Waals surface area contributed by atoms with Crippen LogP contribution in [-0.2, 0) is 6.61 Å². The fraction of sp³-hybridized carbons (Fsp3) is 0.0769. The van der Waals surface area contributed by atoms with E-state index in [1.54, 1.807) is 18.3 Å². The van der Waals surface area contributed by atoms with Crippen molar-refractivity contribution in [2.75, 3.05) is 0 Å². The predicted octanol–water partition coefficient (Wildman–Crippen LogP) is 3.26. The molecule has 0 saturated heterocycles. The number of benzene rings is 1. The molecule has 0 unspecified atom stereocenters. The maximum absolute atomic E-state index is 13.4. The van der Waals surface area contributed by atoms with Gasteiger partial charge in [0, 0.05) is 10.7 Å². The summed E-state index contributed by atoms with van der Waals surface area (Å²) >= 11 is 3.25. The molecule has 1 N–H and O–H groups in total. The fourth-order valence-corrected chi connectivity index (χ4v) is 1.71. The van der Waals surface area contributed by atoms with Crippen LogP contribution in [0.3, 0.4) is 0 Å². The highest BCUT2D eigenvalue weighted by Crippen LogP contribution is 2.22. The number of aromatic nitrogens is 1. The van der Waals surface area contributed by atoms with E-state index in [9.17, 15) is 9.18 Å². The van der Waals surface area contributed by atoms with E-state index in [0.717, 1.165) is 10.5 Å². The number of nitrogens with zero attached hydrogens (tertiary/aromatic N) is 1. The first-order chi connectivity index (χ1) is 9.08. The Balaban J connectivity index is 2.18. The maximum Gasteiger partial charge on any atom is 0.342 e. The lowest BCUT2D eigenvalue weighted by atomic mass is 10.2. The van der Waals surface area contributed by atoms with Gasteiger partial charge in [-0.05, 0) is 40.2 Å². The van der Waals surface area contributed by atoms with E-state index in [-0.39, 0.29) is 12.4 Å². The summed E-state index contributed by atoms with van der Waals surface area (Å²) in [6.45, 7) is 0.0665. The summed E-state index contributed by atoms with van der Waals surface area (Å²) in [5.41, 5.74) is 0.142. The first-order valence-corrected chi connectivity index (χ1v) is 6.12. The van der Waals surface area contributed by atoms with Crippen molar-refractivity contribution in [3.8, 4) is 5.75 Å². The highest BCUT2D eigenvalue weighted by Gasteiger charge is 2.16. The van der Waals surface area contributed by atoms with Crippen molar-refractivity contribution in [2.24, 2.45) is 0 Å². The van der Waals surface area contributed by atoms with Gasteiger partial charge in [0.25, 0.3) is 0 Å². The van der Waals surface area contributed by atoms with E-state index in [4.69, 9.17) is 9.84 Å². The SMILES string of the molecule is O=C(O)c1c(F)cccc1OCc1ccc(Br)cn1. The van der Waals surface area contributed by atoms with Crippen molar-refractivity contribution in [3.05, 3.63) is 58.1 Å². The summed E-state index contributed by atoms with van der Waals surface area (Å²) < 4.78 is 19.5. The monoisotopic (exact) mass is 325 g/mol. The lowest BCUT2D eigenvalue weighted by Crippen LogP contribution is -2.06. The van der Waals surface area contributed by atoms with Crippen LogP contribution in [0.5, 0.6) is 5.75 Å². The van der Waals surface area contributed by atoms with Gasteiger partial charge >= 0.3 is 5.97 Å². The number of aromatic carboxylic acids is 1. The van der Waals surface area contributed by atoms with Gasteiger partial charge in [0.05, 0.1) is 5.69 Å². The molecule has 1 aromatic carbocycles. The van der Waals surface area contributed by atoms with Gasteiger partial charge in [0.15, 0.2) is 0 Å². The van der Waals surface area contributed by atoms with Crippen molar-refractivity contribution in [1.82, 2.24) is 4.98 Å². The van der Waals surface area contributed by atoms with Crippen molar-refractivity contribution in [3.63, 3.8) is 0 Å². The quantitative estimate of drug-likeness (QED) is 0.937. The van der Waals surface area contributed by atoms with Crippen LogP contribution in [-0.4, -0.2) is 16.1 Å². The molecule has 0 saturated carbocycles. The fourth-order valence-electron chi connectivity index (χ4n) is 1.48. The van der Waals surface area contributed by atoms with Gasteiger partial charge in [0.2, 0.25) is 0 Å². The third kappa shape index (κ3) is 3.29. The van der Waals surface area contributed by atoms with E-state index in [2.05, 4.69) is 20.9 Å². The highest BCUT2D eigenvalue weighted by atomic mass is 79.9. The molecule has 4 nitrogen and oxygen atoms in total. The van der Waals surface area contributed by atoms with E-state index in [0.29, 0.717) is 5.69 Å². The maximum atomic E-state index is 13.4. The number of carboxylic acid groups (broad SMARTS) is 1. The smallest absolute Gasteiger partial charge is 0.342 e. The molecule has 2 aromatic rings. The van der Waals surface area contributed by atoms with Crippen LogP contribution in [0, 0.1) is 5.82 Å². The Bertz CT molecular complexity index is 601. The number of carbonyl (C=O) groups is 1. The van der Waals surface area contributed by atoms with Crippen LogP contribution in [0.15, 0.2) is 41.0 Å². The highest BCUT2D eigenvalue weighted by molar-refractivity contribution is 9.10. The molecule has 6 heteroatoms. The Hall–Kier alpha value is -1.95. The molecule has 1 heterocycles. The average molecular weight is 326 g/mol. The lowest BCUT2D eigenvalue weighted by Gasteiger charge is -2.09. The zero-order chi connectivity index (χ0) is 13.8. The molecule has 1 aromatic heterocycles. The van der Waals surface area contributed by atoms with Crippen molar-refractivity contribution < 1.29 is 19.0 Å². The van der Waals surface area contributed by atoms with Gasteiger partial charge in [-0.2, -0.15) is 0 Å². The molecule has 0 bridgehead atoms. The van der Waals surface area contributed by atoms with Crippen molar-refractivity contribution >= 4 is 21.9 Å². The molecule has 0 spiro atoms. The minimum atomic E-state index is -1.36. The average Bonchev–Trinajstić information content (AvgIpc) is 2.37. The molecule has 0 aliphatic heterocycles. The molecule has 0 amide bonds. The van der Waals surface area contributed by atoms with Crippen LogP contribution >= 0.6 is 15.9 Å². The topological polar surface area (TPSA) is 59.4 Å². The summed E-state index contributed by atoms with van der Waals surface area (Å²) in [7, 11) is 0. The third-order valence-electron chi connectivity index (χ3n) is 2.35. The minimum Gasteiger partial charge on any atom is -0.486 e.